The molecule has 2 fully saturated rings. The van der Waals surface area contributed by atoms with Gasteiger partial charge in [0, 0.05) is 24.5 Å². The number of hydrogen-bond acceptors (Lipinski definition) is 4. The fraction of sp³-hybridized carbons (Fsp3) is 0.364. The Morgan fingerprint density at radius 3 is 2.43 bits per heavy atom. The summed E-state index contributed by atoms with van der Waals surface area (Å²) >= 11 is 1.62. The molecule has 30 heavy (non-hydrogen) atoms. The molecule has 0 aromatic heterocycles. The molecule has 0 radical (unpaired) electrons. The molecule has 1 N–H and O–H groups in total. The highest BCUT2D eigenvalue weighted by Gasteiger charge is 2.49. The molecule has 2 aromatic carbocycles. The van der Waals surface area contributed by atoms with Crippen molar-refractivity contribution in [2.45, 2.75) is 24.6 Å². The minimum atomic E-state index is -0.384. The largest absolute Gasteiger partial charge is 0.494 e. The van der Waals surface area contributed by atoms with Crippen molar-refractivity contribution in [2.24, 2.45) is 0 Å². The number of likely N-dealkylation sites (tertiary alicyclic amines) is 1. The Balaban J connectivity index is 1.40. The van der Waals surface area contributed by atoms with Gasteiger partial charge in [-0.05, 0) is 68.3 Å². The molecule has 0 bridgehead atoms. The van der Waals surface area contributed by atoms with Crippen molar-refractivity contribution in [3.05, 3.63) is 54.3 Å². The number of halogens is 1. The lowest BCUT2D eigenvalue weighted by molar-refractivity contribution is -0.116. The van der Waals surface area contributed by atoms with Gasteiger partial charge >= 0.3 is 6.03 Å². The molecule has 0 unspecified atom stereocenters. The van der Waals surface area contributed by atoms with Crippen molar-refractivity contribution < 1.29 is 18.7 Å². The third kappa shape index (κ3) is 4.09. The van der Waals surface area contributed by atoms with Crippen LogP contribution in [0.3, 0.4) is 0 Å². The highest BCUT2D eigenvalue weighted by Crippen LogP contribution is 2.46. The first-order valence-corrected chi connectivity index (χ1v) is 11.0. The second kappa shape index (κ2) is 8.55. The fourth-order valence-electron chi connectivity index (χ4n) is 3.95. The lowest BCUT2D eigenvalue weighted by atomic mass is 10.0. The first-order chi connectivity index (χ1) is 14.5. The van der Waals surface area contributed by atoms with Crippen LogP contribution >= 0.6 is 11.8 Å². The molecule has 6 nitrogen and oxygen atoms in total. The van der Waals surface area contributed by atoms with Gasteiger partial charge in [-0.15, -0.1) is 11.8 Å². The summed E-state index contributed by atoms with van der Waals surface area (Å²) in [4.78, 5) is 28.4. The molecule has 2 aliphatic heterocycles. The topological polar surface area (TPSA) is 61.9 Å². The molecule has 2 heterocycles. The molecule has 8 heteroatoms. The van der Waals surface area contributed by atoms with Crippen LogP contribution in [0.25, 0.3) is 0 Å². The predicted octanol–water partition coefficient (Wildman–Crippen LogP) is 4.33. The van der Waals surface area contributed by atoms with Crippen LogP contribution in [-0.2, 0) is 4.79 Å². The highest BCUT2D eigenvalue weighted by atomic mass is 32.2. The van der Waals surface area contributed by atoms with Gasteiger partial charge < -0.3 is 15.0 Å². The molecule has 0 atom stereocenters. The summed E-state index contributed by atoms with van der Waals surface area (Å²) in [6.07, 6.45) is 1.33. The van der Waals surface area contributed by atoms with Crippen LogP contribution in [0, 0.1) is 5.82 Å². The molecule has 0 aliphatic carbocycles. The number of amides is 3. The number of carbonyl (C=O) groups is 2. The molecule has 3 amide bonds. The highest BCUT2D eigenvalue weighted by molar-refractivity contribution is 8.02. The number of ether oxygens (including phenoxy) is 1. The van der Waals surface area contributed by atoms with Gasteiger partial charge in [0.15, 0.2) is 0 Å². The number of nitrogens with zero attached hydrogens (tertiary/aromatic N) is 2. The van der Waals surface area contributed by atoms with Gasteiger partial charge in [0.25, 0.3) is 0 Å². The number of piperidine rings is 1. The number of thioether (sulfide) groups is 1. The van der Waals surface area contributed by atoms with E-state index in [-0.39, 0.29) is 22.6 Å². The first-order valence-electron chi connectivity index (χ1n) is 10.0. The zero-order chi connectivity index (χ0) is 21.1. The van der Waals surface area contributed by atoms with Crippen molar-refractivity contribution in [1.82, 2.24) is 4.90 Å². The van der Waals surface area contributed by atoms with Crippen LogP contribution in [0.5, 0.6) is 5.75 Å². The average Bonchev–Trinajstić information content (AvgIpc) is 3.06. The van der Waals surface area contributed by atoms with Crippen molar-refractivity contribution in [3.63, 3.8) is 0 Å². The van der Waals surface area contributed by atoms with Crippen molar-refractivity contribution in [1.29, 1.82) is 0 Å². The lowest BCUT2D eigenvalue weighted by Gasteiger charge is -2.43. The van der Waals surface area contributed by atoms with E-state index in [0.717, 1.165) is 5.75 Å². The maximum Gasteiger partial charge on any atom is 0.321 e. The van der Waals surface area contributed by atoms with Gasteiger partial charge in [0.2, 0.25) is 5.91 Å². The Morgan fingerprint density at radius 1 is 1.13 bits per heavy atom. The molecule has 2 aromatic rings. The van der Waals surface area contributed by atoms with Gasteiger partial charge in [-0.2, -0.15) is 0 Å². The van der Waals surface area contributed by atoms with Gasteiger partial charge in [0.05, 0.1) is 17.2 Å². The van der Waals surface area contributed by atoms with Gasteiger partial charge in [0.1, 0.15) is 11.6 Å². The standard InChI is InChI=1S/C22H24FN3O3S/c1-2-29-19-9-5-17(6-10-19)24-21(28)25-13-11-22(12-14-25)26(20(27)15-30-22)18-7-3-16(23)4-8-18/h3-10H,2,11-15H2,1H3,(H,24,28). The second-order valence-electron chi connectivity index (χ2n) is 7.32. The number of benzene rings is 2. The third-order valence-corrected chi connectivity index (χ3v) is 6.97. The number of nitrogens with one attached hydrogen (secondary N) is 1. The molecular weight excluding hydrogens is 405 g/mol. The average molecular weight is 430 g/mol. The summed E-state index contributed by atoms with van der Waals surface area (Å²) in [7, 11) is 0. The fourth-order valence-corrected chi connectivity index (χ4v) is 5.28. The lowest BCUT2D eigenvalue weighted by Crippen LogP contribution is -2.53. The Kier molecular flexibility index (Phi) is 5.85. The number of rotatable bonds is 4. The minimum Gasteiger partial charge on any atom is -0.494 e. The summed E-state index contributed by atoms with van der Waals surface area (Å²) < 4.78 is 18.7. The summed E-state index contributed by atoms with van der Waals surface area (Å²) in [6.45, 7) is 3.60. The van der Waals surface area contributed by atoms with E-state index in [4.69, 9.17) is 4.74 Å². The zero-order valence-corrected chi connectivity index (χ0v) is 17.6. The van der Waals surface area contributed by atoms with Crippen LogP contribution < -0.4 is 15.0 Å². The van der Waals surface area contributed by atoms with E-state index in [0.29, 0.717) is 49.7 Å². The quantitative estimate of drug-likeness (QED) is 0.786. The van der Waals surface area contributed by atoms with Crippen LogP contribution in [0.4, 0.5) is 20.6 Å². The van der Waals surface area contributed by atoms with Crippen molar-refractivity contribution >= 4 is 35.1 Å². The van der Waals surface area contributed by atoms with E-state index in [1.807, 2.05) is 31.2 Å². The maximum atomic E-state index is 13.3. The molecule has 4 rings (SSSR count). The molecule has 2 aliphatic rings. The normalized spacial score (nSPS) is 18.0. The summed E-state index contributed by atoms with van der Waals surface area (Å²) in [5, 5.41) is 2.92. The molecule has 1 spiro atoms. The SMILES string of the molecule is CCOc1ccc(NC(=O)N2CCC3(CC2)SCC(=O)N3c2ccc(F)cc2)cc1. The first kappa shape index (κ1) is 20.5. The van der Waals surface area contributed by atoms with Crippen molar-refractivity contribution in [2.75, 3.05) is 35.7 Å². The monoisotopic (exact) mass is 429 g/mol. The van der Waals surface area contributed by atoms with Gasteiger partial charge in [-0.3, -0.25) is 9.69 Å². The molecule has 2 saturated heterocycles. The number of hydrogen-bond donors (Lipinski definition) is 1. The van der Waals surface area contributed by atoms with Crippen LogP contribution in [0.15, 0.2) is 48.5 Å². The number of urea groups is 1. The van der Waals surface area contributed by atoms with Gasteiger partial charge in [-0.1, -0.05) is 0 Å². The van der Waals surface area contributed by atoms with E-state index in [1.165, 1.54) is 12.1 Å². The van der Waals surface area contributed by atoms with Crippen LogP contribution in [0.1, 0.15) is 19.8 Å². The van der Waals surface area contributed by atoms with E-state index < -0.39 is 0 Å². The number of carbonyl (C=O) groups excluding carboxylic acids is 2. The summed E-state index contributed by atoms with van der Waals surface area (Å²) in [6, 6.07) is 13.2. The summed E-state index contributed by atoms with van der Waals surface area (Å²) in [5.41, 5.74) is 1.42. The van der Waals surface area contributed by atoms with Crippen LogP contribution in [0.2, 0.25) is 0 Å². The number of anilines is 2. The Hall–Kier alpha value is -2.74. The van der Waals surface area contributed by atoms with Crippen LogP contribution in [-0.4, -0.2) is 47.2 Å². The van der Waals surface area contributed by atoms with E-state index in [1.54, 1.807) is 33.7 Å². The zero-order valence-electron chi connectivity index (χ0n) is 16.8. The van der Waals surface area contributed by atoms with E-state index in [9.17, 15) is 14.0 Å². The molecule has 0 saturated carbocycles. The van der Waals surface area contributed by atoms with Gasteiger partial charge in [-0.25, -0.2) is 9.18 Å². The second-order valence-corrected chi connectivity index (χ2v) is 8.65. The van der Waals surface area contributed by atoms with E-state index in [2.05, 4.69) is 5.32 Å². The summed E-state index contributed by atoms with van der Waals surface area (Å²) in [5.74, 6) is 0.862. The minimum absolute atomic E-state index is 0.0268. The predicted molar refractivity (Wildman–Crippen MR) is 117 cm³/mol. The van der Waals surface area contributed by atoms with E-state index >= 15 is 0 Å². The Labute approximate surface area is 179 Å². The molecular formula is C22H24FN3O3S. The Bertz CT molecular complexity index is 912. The smallest absolute Gasteiger partial charge is 0.321 e. The third-order valence-electron chi connectivity index (χ3n) is 5.45. The van der Waals surface area contributed by atoms with Crippen molar-refractivity contribution in [3.8, 4) is 5.75 Å². The Morgan fingerprint density at radius 2 is 1.80 bits per heavy atom. The molecule has 158 valence electrons. The maximum absolute atomic E-state index is 13.3.